The van der Waals surface area contributed by atoms with E-state index >= 15 is 0 Å². The topological polar surface area (TPSA) is 54.3 Å². The molecule has 194 valence electrons. The minimum Gasteiger partial charge on any atom is -0.349 e. The van der Waals surface area contributed by atoms with E-state index in [1.54, 1.807) is 31.3 Å². The highest BCUT2D eigenvalue weighted by Gasteiger charge is 2.38. The summed E-state index contributed by atoms with van der Waals surface area (Å²) in [6, 6.07) is 9.10. The first kappa shape index (κ1) is 26.4. The lowest BCUT2D eigenvalue weighted by Crippen LogP contribution is -2.59. The molecule has 0 aliphatic carbocycles. The summed E-state index contributed by atoms with van der Waals surface area (Å²) in [4.78, 5) is 26.2. The fourth-order valence-electron chi connectivity index (χ4n) is 5.27. The van der Waals surface area contributed by atoms with Gasteiger partial charge in [0.2, 0.25) is 0 Å². The van der Waals surface area contributed by atoms with Crippen LogP contribution in [0, 0.1) is 0 Å². The number of anilines is 1. The summed E-state index contributed by atoms with van der Waals surface area (Å²) in [7, 11) is 1.66. The molecular formula is C26H31ClF3N5O. The Morgan fingerprint density at radius 1 is 1.00 bits per heavy atom. The summed E-state index contributed by atoms with van der Waals surface area (Å²) < 4.78 is 40.8. The second-order valence-corrected chi connectivity index (χ2v) is 9.68. The average Bonchev–Trinajstić information content (AvgIpc) is 2.86. The first-order valence-electron chi connectivity index (χ1n) is 12.3. The molecule has 1 aliphatic heterocycles. The molecule has 3 heterocycles. The lowest BCUT2D eigenvalue weighted by atomic mass is 9.94. The molecule has 2 aromatic heterocycles. The molecule has 0 saturated carbocycles. The van der Waals surface area contributed by atoms with Gasteiger partial charge in [0, 0.05) is 38.3 Å². The summed E-state index contributed by atoms with van der Waals surface area (Å²) in [5, 5.41) is 0.330. The summed E-state index contributed by atoms with van der Waals surface area (Å²) in [5.74, 6) is 0.531. The third-order valence-corrected chi connectivity index (χ3v) is 7.48. The Balaban J connectivity index is 1.71. The number of aryl methyl sites for hydroxylation is 1. The van der Waals surface area contributed by atoms with Crippen LogP contribution < -0.4 is 10.6 Å². The molecule has 3 atom stereocenters. The van der Waals surface area contributed by atoms with E-state index in [9.17, 15) is 18.0 Å². The highest BCUT2D eigenvalue weighted by molar-refractivity contribution is 6.29. The maximum atomic E-state index is 13.1. The van der Waals surface area contributed by atoms with Gasteiger partial charge in [0.05, 0.1) is 11.1 Å². The van der Waals surface area contributed by atoms with Crippen LogP contribution in [0.15, 0.2) is 41.2 Å². The van der Waals surface area contributed by atoms with E-state index in [2.05, 4.69) is 40.5 Å². The molecule has 1 saturated heterocycles. The van der Waals surface area contributed by atoms with Gasteiger partial charge in [-0.2, -0.15) is 18.2 Å². The van der Waals surface area contributed by atoms with Crippen LogP contribution >= 0.6 is 11.6 Å². The SMILES string of the molecule is CCC(c1ccc(C(F)(F)F)cc1)N1C[C@H](CC)N(c2nc(=O)n(C)c3ccc(Cl)nc23)C[C@H]1CC. The molecule has 3 aromatic rings. The molecule has 1 aliphatic rings. The number of hydrogen-bond acceptors (Lipinski definition) is 5. The molecule has 36 heavy (non-hydrogen) atoms. The largest absolute Gasteiger partial charge is 0.416 e. The molecule has 1 fully saturated rings. The summed E-state index contributed by atoms with van der Waals surface area (Å²) in [6.45, 7) is 7.56. The summed E-state index contributed by atoms with van der Waals surface area (Å²) in [5.41, 5.74) is 1.12. The van der Waals surface area contributed by atoms with E-state index in [1.165, 1.54) is 4.57 Å². The van der Waals surface area contributed by atoms with Gasteiger partial charge in [0.25, 0.3) is 0 Å². The van der Waals surface area contributed by atoms with Crippen molar-refractivity contribution in [2.45, 2.75) is 64.3 Å². The van der Waals surface area contributed by atoms with Crippen LogP contribution in [0.3, 0.4) is 0 Å². The standard InChI is InChI=1S/C26H31ClF3N5O/c1-5-18-15-35(24-23-21(12-13-22(27)31-23)33(4)25(36)32-24)19(6-2)14-34(18)20(7-3)16-8-10-17(11-9-16)26(28,29)30/h8-13,18-20H,5-7,14-15H2,1-4H3/t18-,19+,20?/m1/s1. The minimum atomic E-state index is -4.36. The number of benzene rings is 1. The number of hydrogen-bond donors (Lipinski definition) is 0. The van der Waals surface area contributed by atoms with Crippen LogP contribution in [0.2, 0.25) is 5.15 Å². The van der Waals surface area contributed by atoms with Crippen LogP contribution in [0.4, 0.5) is 19.0 Å². The van der Waals surface area contributed by atoms with Gasteiger partial charge in [-0.15, -0.1) is 0 Å². The molecule has 6 nitrogen and oxygen atoms in total. The maximum absolute atomic E-state index is 13.1. The zero-order valence-corrected chi connectivity index (χ0v) is 21.6. The van der Waals surface area contributed by atoms with Gasteiger partial charge in [0.1, 0.15) is 10.7 Å². The summed E-state index contributed by atoms with van der Waals surface area (Å²) >= 11 is 6.22. The van der Waals surface area contributed by atoms with Crippen molar-refractivity contribution in [3.05, 3.63) is 63.2 Å². The molecule has 10 heteroatoms. The Kier molecular flexibility index (Phi) is 7.61. The lowest BCUT2D eigenvalue weighted by Gasteiger charge is -2.49. The van der Waals surface area contributed by atoms with Crippen molar-refractivity contribution in [3.63, 3.8) is 0 Å². The molecule has 1 aromatic carbocycles. The van der Waals surface area contributed by atoms with Gasteiger partial charge in [-0.25, -0.2) is 9.78 Å². The second kappa shape index (κ2) is 10.4. The molecule has 0 N–H and O–H groups in total. The van der Waals surface area contributed by atoms with Gasteiger partial charge in [-0.1, -0.05) is 44.5 Å². The number of nitrogens with zero attached hydrogens (tertiary/aromatic N) is 5. The molecule has 1 unspecified atom stereocenters. The number of rotatable bonds is 6. The van der Waals surface area contributed by atoms with Crippen molar-refractivity contribution in [1.29, 1.82) is 0 Å². The monoisotopic (exact) mass is 521 g/mol. The Labute approximate surface area is 213 Å². The zero-order valence-electron chi connectivity index (χ0n) is 20.9. The van der Waals surface area contributed by atoms with Crippen LogP contribution in [0.5, 0.6) is 0 Å². The molecule has 0 radical (unpaired) electrons. The first-order chi connectivity index (χ1) is 17.1. The van der Waals surface area contributed by atoms with Crippen LogP contribution in [0.1, 0.15) is 57.2 Å². The van der Waals surface area contributed by atoms with Gasteiger partial charge in [0.15, 0.2) is 5.82 Å². The Bertz CT molecular complexity index is 1280. The van der Waals surface area contributed by atoms with Gasteiger partial charge in [-0.3, -0.25) is 9.47 Å². The number of fused-ring (bicyclic) bond motifs is 1. The van der Waals surface area contributed by atoms with Crippen molar-refractivity contribution < 1.29 is 13.2 Å². The van der Waals surface area contributed by atoms with E-state index in [1.807, 2.05) is 0 Å². The molecule has 0 spiro atoms. The Morgan fingerprint density at radius 2 is 1.67 bits per heavy atom. The van der Waals surface area contributed by atoms with Crippen molar-refractivity contribution in [1.82, 2.24) is 19.4 Å². The van der Waals surface area contributed by atoms with E-state index in [0.717, 1.165) is 37.0 Å². The average molecular weight is 522 g/mol. The molecule has 0 amide bonds. The van der Waals surface area contributed by atoms with Crippen LogP contribution in [-0.2, 0) is 13.2 Å². The molecule has 0 bridgehead atoms. The number of aromatic nitrogens is 3. The normalized spacial score (nSPS) is 20.2. The highest BCUT2D eigenvalue weighted by Crippen LogP contribution is 2.36. The minimum absolute atomic E-state index is 0.0191. The lowest BCUT2D eigenvalue weighted by molar-refractivity contribution is -0.137. The number of piperazine rings is 1. The third-order valence-electron chi connectivity index (χ3n) is 7.26. The molecular weight excluding hydrogens is 491 g/mol. The van der Waals surface area contributed by atoms with Crippen molar-refractivity contribution in [2.75, 3.05) is 18.0 Å². The zero-order chi connectivity index (χ0) is 26.2. The van der Waals surface area contributed by atoms with Crippen molar-refractivity contribution in [3.8, 4) is 0 Å². The number of pyridine rings is 1. The smallest absolute Gasteiger partial charge is 0.349 e. The fraction of sp³-hybridized carbons (Fsp3) is 0.500. The van der Waals surface area contributed by atoms with E-state index in [4.69, 9.17) is 11.6 Å². The van der Waals surface area contributed by atoms with Crippen molar-refractivity contribution in [2.24, 2.45) is 7.05 Å². The highest BCUT2D eigenvalue weighted by atomic mass is 35.5. The van der Waals surface area contributed by atoms with Gasteiger partial charge < -0.3 is 4.90 Å². The first-order valence-corrected chi connectivity index (χ1v) is 12.7. The quantitative estimate of drug-likeness (QED) is 0.382. The van der Waals surface area contributed by atoms with E-state index < -0.39 is 11.7 Å². The number of alkyl halides is 3. The predicted octanol–water partition coefficient (Wildman–Crippen LogP) is 5.83. The van der Waals surface area contributed by atoms with E-state index in [0.29, 0.717) is 35.1 Å². The number of halogens is 4. The van der Waals surface area contributed by atoms with Crippen molar-refractivity contribution >= 4 is 28.5 Å². The third kappa shape index (κ3) is 4.95. The Morgan fingerprint density at radius 3 is 2.25 bits per heavy atom. The van der Waals surface area contributed by atoms with Crippen LogP contribution in [0.25, 0.3) is 11.0 Å². The molecule has 4 rings (SSSR count). The van der Waals surface area contributed by atoms with Gasteiger partial charge >= 0.3 is 11.9 Å². The predicted molar refractivity (Wildman–Crippen MR) is 136 cm³/mol. The summed E-state index contributed by atoms with van der Waals surface area (Å²) in [6.07, 6.45) is -1.95. The van der Waals surface area contributed by atoms with Crippen LogP contribution in [-0.4, -0.2) is 44.6 Å². The maximum Gasteiger partial charge on any atom is 0.416 e. The van der Waals surface area contributed by atoms with Gasteiger partial charge in [-0.05, 0) is 49.1 Å². The van der Waals surface area contributed by atoms with E-state index in [-0.39, 0.29) is 23.8 Å². The fourth-order valence-corrected chi connectivity index (χ4v) is 5.41. The Hall–Kier alpha value is -2.65. The second-order valence-electron chi connectivity index (χ2n) is 9.30.